The molecule has 2 fully saturated rings. The van der Waals surface area contributed by atoms with E-state index in [9.17, 15) is 5.11 Å². The smallest absolute Gasteiger partial charge is 0.120 e. The molecule has 0 spiro atoms. The Morgan fingerprint density at radius 1 is 1.56 bits per heavy atom. The van der Waals surface area contributed by atoms with Gasteiger partial charge in [-0.1, -0.05) is 0 Å². The Hall–Kier alpha value is -0.0800. The first-order chi connectivity index (χ1) is 4.06. The molecule has 1 saturated heterocycles. The highest BCUT2D eigenvalue weighted by Crippen LogP contribution is 2.55. The highest BCUT2D eigenvalue weighted by molar-refractivity contribution is 5.16. The van der Waals surface area contributed by atoms with Crippen LogP contribution in [-0.4, -0.2) is 22.4 Å². The molecule has 0 aromatic heterocycles. The van der Waals surface area contributed by atoms with E-state index in [0.29, 0.717) is 6.10 Å². The first-order valence-corrected chi connectivity index (χ1v) is 3.46. The molecular weight excluding hydrogens is 116 g/mol. The lowest BCUT2D eigenvalue weighted by Gasteiger charge is -2.22. The number of hydrogen-bond donors (Lipinski definition) is 1. The van der Waals surface area contributed by atoms with Gasteiger partial charge in [-0.05, 0) is 26.7 Å². The van der Waals surface area contributed by atoms with Crippen LogP contribution in [0.5, 0.6) is 0 Å². The van der Waals surface area contributed by atoms with Gasteiger partial charge in [-0.25, -0.2) is 0 Å². The lowest BCUT2D eigenvalue weighted by Crippen LogP contribution is -2.37. The van der Waals surface area contributed by atoms with Crippen LogP contribution in [0.15, 0.2) is 0 Å². The number of fused-ring (bicyclic) bond motifs is 1. The molecule has 0 amide bonds. The van der Waals surface area contributed by atoms with E-state index in [0.717, 1.165) is 12.8 Å². The summed E-state index contributed by atoms with van der Waals surface area (Å²) in [5, 5.41) is 9.64. The van der Waals surface area contributed by atoms with E-state index in [4.69, 9.17) is 4.74 Å². The van der Waals surface area contributed by atoms with E-state index in [1.165, 1.54) is 0 Å². The molecule has 0 aromatic carbocycles. The molecule has 2 aliphatic rings. The van der Waals surface area contributed by atoms with Gasteiger partial charge in [0.2, 0.25) is 0 Å². The van der Waals surface area contributed by atoms with Gasteiger partial charge >= 0.3 is 0 Å². The Kier molecular flexibility index (Phi) is 0.746. The molecule has 0 radical (unpaired) electrons. The normalized spacial score (nSPS) is 63.7. The molecule has 0 aromatic rings. The summed E-state index contributed by atoms with van der Waals surface area (Å²) in [4.78, 5) is 0. The SMILES string of the molecule is C[C@]1(O)CC[C@H]2O[C@]21C. The highest BCUT2D eigenvalue weighted by atomic mass is 16.6. The molecule has 3 atom stereocenters. The molecule has 52 valence electrons. The summed E-state index contributed by atoms with van der Waals surface area (Å²) in [6.07, 6.45) is 2.28. The van der Waals surface area contributed by atoms with Crippen molar-refractivity contribution in [1.29, 1.82) is 0 Å². The van der Waals surface area contributed by atoms with Crippen molar-refractivity contribution in [2.24, 2.45) is 0 Å². The van der Waals surface area contributed by atoms with Crippen molar-refractivity contribution in [3.05, 3.63) is 0 Å². The van der Waals surface area contributed by atoms with Crippen LogP contribution >= 0.6 is 0 Å². The van der Waals surface area contributed by atoms with Crippen LogP contribution in [0, 0.1) is 0 Å². The molecule has 0 unspecified atom stereocenters. The van der Waals surface area contributed by atoms with E-state index < -0.39 is 5.60 Å². The van der Waals surface area contributed by atoms with Crippen LogP contribution in [0.2, 0.25) is 0 Å². The zero-order valence-corrected chi connectivity index (χ0v) is 5.85. The predicted molar refractivity (Wildman–Crippen MR) is 33.1 cm³/mol. The van der Waals surface area contributed by atoms with Crippen LogP contribution in [-0.2, 0) is 4.74 Å². The van der Waals surface area contributed by atoms with E-state index in [-0.39, 0.29) is 5.60 Å². The number of hydrogen-bond acceptors (Lipinski definition) is 2. The Bertz CT molecular complexity index is 148. The zero-order valence-electron chi connectivity index (χ0n) is 5.85. The maximum atomic E-state index is 9.64. The average Bonchev–Trinajstić information content (AvgIpc) is 2.34. The minimum atomic E-state index is -0.558. The van der Waals surface area contributed by atoms with Gasteiger partial charge in [-0.15, -0.1) is 0 Å². The van der Waals surface area contributed by atoms with Crippen molar-refractivity contribution in [1.82, 2.24) is 0 Å². The lowest BCUT2D eigenvalue weighted by atomic mass is 9.94. The van der Waals surface area contributed by atoms with Crippen LogP contribution in [0.4, 0.5) is 0 Å². The molecule has 2 rings (SSSR count). The van der Waals surface area contributed by atoms with Crippen LogP contribution < -0.4 is 0 Å². The number of rotatable bonds is 0. The molecule has 2 heteroatoms. The summed E-state index contributed by atoms with van der Waals surface area (Å²) in [5.74, 6) is 0. The molecule has 0 bridgehead atoms. The molecule has 1 heterocycles. The van der Waals surface area contributed by atoms with Gasteiger partial charge < -0.3 is 9.84 Å². The second-order valence-corrected chi connectivity index (χ2v) is 3.53. The Morgan fingerprint density at radius 2 is 2.22 bits per heavy atom. The first kappa shape index (κ1) is 5.69. The standard InChI is InChI=1S/C7H12O2/c1-6(8)4-3-5-7(6,2)9-5/h5,8H,3-4H2,1-2H3/t5-,6+,7-/m1/s1. The van der Waals surface area contributed by atoms with Gasteiger partial charge in [0.25, 0.3) is 0 Å². The largest absolute Gasteiger partial charge is 0.387 e. The van der Waals surface area contributed by atoms with E-state index >= 15 is 0 Å². The third-order valence-electron chi connectivity index (χ3n) is 2.91. The van der Waals surface area contributed by atoms with Crippen LogP contribution in [0.3, 0.4) is 0 Å². The number of aliphatic hydroxyl groups is 1. The number of ether oxygens (including phenoxy) is 1. The summed E-state index contributed by atoms with van der Waals surface area (Å²) in [5.41, 5.74) is -0.745. The van der Waals surface area contributed by atoms with Crippen molar-refractivity contribution in [2.45, 2.75) is 44.0 Å². The summed E-state index contributed by atoms with van der Waals surface area (Å²) in [6.45, 7) is 3.85. The summed E-state index contributed by atoms with van der Waals surface area (Å²) < 4.78 is 5.31. The Labute approximate surface area is 54.8 Å². The van der Waals surface area contributed by atoms with Crippen molar-refractivity contribution >= 4 is 0 Å². The van der Waals surface area contributed by atoms with Crippen LogP contribution in [0.1, 0.15) is 26.7 Å². The van der Waals surface area contributed by atoms with Crippen molar-refractivity contribution in [3.8, 4) is 0 Å². The summed E-state index contributed by atoms with van der Waals surface area (Å²) in [7, 11) is 0. The Balaban J connectivity index is 2.28. The monoisotopic (exact) mass is 128 g/mol. The quantitative estimate of drug-likeness (QED) is 0.487. The van der Waals surface area contributed by atoms with Crippen molar-refractivity contribution < 1.29 is 9.84 Å². The fraction of sp³-hybridized carbons (Fsp3) is 1.00. The van der Waals surface area contributed by atoms with Gasteiger partial charge in [0.05, 0.1) is 11.7 Å². The highest BCUT2D eigenvalue weighted by Gasteiger charge is 2.67. The van der Waals surface area contributed by atoms with Gasteiger partial charge in [0, 0.05) is 0 Å². The van der Waals surface area contributed by atoms with Crippen molar-refractivity contribution in [2.75, 3.05) is 0 Å². The Morgan fingerprint density at radius 3 is 2.33 bits per heavy atom. The second-order valence-electron chi connectivity index (χ2n) is 3.53. The molecule has 1 N–H and O–H groups in total. The minimum Gasteiger partial charge on any atom is -0.387 e. The van der Waals surface area contributed by atoms with Gasteiger partial charge in [-0.2, -0.15) is 0 Å². The number of epoxide rings is 1. The average molecular weight is 128 g/mol. The fourth-order valence-corrected chi connectivity index (χ4v) is 1.73. The molecule has 9 heavy (non-hydrogen) atoms. The minimum absolute atomic E-state index is 0.188. The predicted octanol–water partition coefficient (Wildman–Crippen LogP) is 0.689. The van der Waals surface area contributed by atoms with E-state index in [1.54, 1.807) is 0 Å². The van der Waals surface area contributed by atoms with Gasteiger partial charge in [0.1, 0.15) is 5.60 Å². The molecule has 1 aliphatic carbocycles. The molecule has 1 aliphatic heterocycles. The maximum absolute atomic E-state index is 9.64. The molecular formula is C7H12O2. The fourth-order valence-electron chi connectivity index (χ4n) is 1.73. The van der Waals surface area contributed by atoms with Crippen molar-refractivity contribution in [3.63, 3.8) is 0 Å². The summed E-state index contributed by atoms with van der Waals surface area (Å²) in [6, 6.07) is 0. The first-order valence-electron chi connectivity index (χ1n) is 3.46. The third-order valence-corrected chi connectivity index (χ3v) is 2.91. The third kappa shape index (κ3) is 0.485. The zero-order chi connectivity index (χ0) is 6.70. The maximum Gasteiger partial charge on any atom is 0.120 e. The van der Waals surface area contributed by atoms with Gasteiger partial charge in [-0.3, -0.25) is 0 Å². The van der Waals surface area contributed by atoms with Crippen LogP contribution in [0.25, 0.3) is 0 Å². The second kappa shape index (κ2) is 1.18. The van der Waals surface area contributed by atoms with Gasteiger partial charge in [0.15, 0.2) is 0 Å². The molecule has 1 saturated carbocycles. The molecule has 2 nitrogen and oxygen atoms in total. The topological polar surface area (TPSA) is 32.8 Å². The lowest BCUT2D eigenvalue weighted by molar-refractivity contribution is -0.0194. The van der Waals surface area contributed by atoms with E-state index in [1.807, 2.05) is 13.8 Å². The van der Waals surface area contributed by atoms with E-state index in [2.05, 4.69) is 0 Å². The summed E-state index contributed by atoms with van der Waals surface area (Å²) >= 11 is 0.